The Morgan fingerprint density at radius 1 is 1.13 bits per heavy atom. The number of benzene rings is 1. The van der Waals surface area contributed by atoms with Gasteiger partial charge in [-0.1, -0.05) is 13.8 Å². The van der Waals surface area contributed by atoms with Crippen molar-refractivity contribution in [2.45, 2.75) is 26.7 Å². The predicted octanol–water partition coefficient (Wildman–Crippen LogP) is 2.28. The van der Waals surface area contributed by atoms with Gasteiger partial charge in [-0.15, -0.1) is 0 Å². The Morgan fingerprint density at radius 3 is 2.60 bits per heavy atom. The van der Waals surface area contributed by atoms with Gasteiger partial charge in [0.2, 0.25) is 0 Å². The Labute approximate surface area is 178 Å². The molecule has 0 amide bonds. The van der Waals surface area contributed by atoms with Crippen LogP contribution in [0.25, 0.3) is 10.9 Å². The third kappa shape index (κ3) is 5.95. The van der Waals surface area contributed by atoms with Crippen LogP contribution in [0.15, 0.2) is 18.5 Å². The Balaban J connectivity index is 1.69. The standard InChI is InChI=1S/C21H32N4O4S/c1-16(2)5-12-30(26,27)11-4-10-29-20-14-18-17(13-19(20)28-3)21(24-15-23-18)25-8-6-22-7-9-25/h13-16,22H,4-12H2,1-3H3. The number of ether oxygens (including phenoxy) is 2. The van der Waals surface area contributed by atoms with Crippen LogP contribution in [-0.4, -0.2) is 69.8 Å². The lowest BCUT2D eigenvalue weighted by molar-refractivity contribution is 0.295. The maximum atomic E-state index is 12.1. The summed E-state index contributed by atoms with van der Waals surface area (Å²) < 4.78 is 35.6. The van der Waals surface area contributed by atoms with Crippen molar-refractivity contribution in [3.63, 3.8) is 0 Å². The van der Waals surface area contributed by atoms with E-state index in [4.69, 9.17) is 9.47 Å². The zero-order valence-corrected chi connectivity index (χ0v) is 18.9. The van der Waals surface area contributed by atoms with Gasteiger partial charge in [0.25, 0.3) is 0 Å². The molecule has 1 N–H and O–H groups in total. The van der Waals surface area contributed by atoms with Gasteiger partial charge in [0.15, 0.2) is 11.5 Å². The Kier molecular flexibility index (Phi) is 7.71. The monoisotopic (exact) mass is 436 g/mol. The zero-order valence-electron chi connectivity index (χ0n) is 18.1. The van der Waals surface area contributed by atoms with Crippen molar-refractivity contribution >= 4 is 26.6 Å². The Hall–Kier alpha value is -2.13. The summed E-state index contributed by atoms with van der Waals surface area (Å²) in [6.45, 7) is 7.98. The van der Waals surface area contributed by atoms with Crippen molar-refractivity contribution < 1.29 is 17.9 Å². The molecule has 166 valence electrons. The maximum Gasteiger partial charge on any atom is 0.163 e. The molecule has 1 aliphatic heterocycles. The number of piperazine rings is 1. The van der Waals surface area contributed by atoms with Gasteiger partial charge < -0.3 is 19.7 Å². The van der Waals surface area contributed by atoms with Gasteiger partial charge in [-0.2, -0.15) is 0 Å². The molecule has 0 bridgehead atoms. The number of nitrogens with zero attached hydrogens (tertiary/aromatic N) is 3. The topological polar surface area (TPSA) is 93.7 Å². The highest BCUT2D eigenvalue weighted by molar-refractivity contribution is 7.91. The van der Waals surface area contributed by atoms with E-state index in [1.165, 1.54) is 0 Å². The predicted molar refractivity (Wildman–Crippen MR) is 119 cm³/mol. The van der Waals surface area contributed by atoms with Crippen molar-refractivity contribution in [2.24, 2.45) is 5.92 Å². The van der Waals surface area contributed by atoms with E-state index in [9.17, 15) is 8.42 Å². The Morgan fingerprint density at radius 2 is 1.90 bits per heavy atom. The fourth-order valence-corrected chi connectivity index (χ4v) is 5.02. The van der Waals surface area contributed by atoms with E-state index in [1.807, 2.05) is 26.0 Å². The maximum absolute atomic E-state index is 12.1. The summed E-state index contributed by atoms with van der Waals surface area (Å²) >= 11 is 0. The number of hydrogen-bond acceptors (Lipinski definition) is 8. The van der Waals surface area contributed by atoms with Crippen LogP contribution in [0.5, 0.6) is 11.5 Å². The van der Waals surface area contributed by atoms with Crippen molar-refractivity contribution in [3.05, 3.63) is 18.5 Å². The van der Waals surface area contributed by atoms with Crippen LogP contribution in [-0.2, 0) is 9.84 Å². The number of aromatic nitrogens is 2. The third-order valence-corrected chi connectivity index (χ3v) is 6.95. The molecule has 0 aliphatic carbocycles. The van der Waals surface area contributed by atoms with Gasteiger partial charge in [-0.25, -0.2) is 18.4 Å². The van der Waals surface area contributed by atoms with Crippen molar-refractivity contribution in [1.82, 2.24) is 15.3 Å². The zero-order chi connectivity index (χ0) is 21.6. The van der Waals surface area contributed by atoms with E-state index in [-0.39, 0.29) is 11.5 Å². The van der Waals surface area contributed by atoms with Crippen molar-refractivity contribution in [1.29, 1.82) is 0 Å². The van der Waals surface area contributed by atoms with Gasteiger partial charge in [0, 0.05) is 37.6 Å². The lowest BCUT2D eigenvalue weighted by atomic mass is 10.2. The lowest BCUT2D eigenvalue weighted by Gasteiger charge is -2.29. The highest BCUT2D eigenvalue weighted by Crippen LogP contribution is 2.35. The van der Waals surface area contributed by atoms with E-state index < -0.39 is 9.84 Å². The molecule has 30 heavy (non-hydrogen) atoms. The fourth-order valence-electron chi connectivity index (χ4n) is 3.43. The Bertz CT molecular complexity index is 943. The number of fused-ring (bicyclic) bond motifs is 1. The molecule has 1 saturated heterocycles. The van der Waals surface area contributed by atoms with E-state index in [0.29, 0.717) is 36.9 Å². The molecule has 1 fully saturated rings. The molecule has 8 nitrogen and oxygen atoms in total. The van der Waals surface area contributed by atoms with Crippen LogP contribution in [0.1, 0.15) is 26.7 Å². The molecule has 3 rings (SSSR count). The summed E-state index contributed by atoms with van der Waals surface area (Å²) in [7, 11) is -1.45. The van der Waals surface area contributed by atoms with Crippen molar-refractivity contribution in [3.8, 4) is 11.5 Å². The average Bonchev–Trinajstić information content (AvgIpc) is 2.75. The molecule has 1 aromatic carbocycles. The first kappa shape index (κ1) is 22.6. The van der Waals surface area contributed by atoms with Gasteiger partial charge in [0.1, 0.15) is 22.0 Å². The SMILES string of the molecule is COc1cc2c(N3CCNCC3)ncnc2cc1OCCCS(=O)(=O)CCC(C)C. The minimum Gasteiger partial charge on any atom is -0.493 e. The summed E-state index contributed by atoms with van der Waals surface area (Å²) in [5, 5.41) is 4.26. The smallest absolute Gasteiger partial charge is 0.163 e. The average molecular weight is 437 g/mol. The van der Waals surface area contributed by atoms with Crippen LogP contribution >= 0.6 is 0 Å². The molecule has 0 unspecified atom stereocenters. The number of sulfone groups is 1. The molecule has 0 atom stereocenters. The fraction of sp³-hybridized carbons (Fsp3) is 0.619. The van der Waals surface area contributed by atoms with Crippen molar-refractivity contribution in [2.75, 3.05) is 56.3 Å². The van der Waals surface area contributed by atoms with E-state index in [2.05, 4.69) is 20.2 Å². The van der Waals surface area contributed by atoms with E-state index in [1.54, 1.807) is 13.4 Å². The molecule has 9 heteroatoms. The minimum absolute atomic E-state index is 0.130. The summed E-state index contributed by atoms with van der Waals surface area (Å²) in [6.07, 6.45) is 2.70. The summed E-state index contributed by atoms with van der Waals surface area (Å²) in [4.78, 5) is 11.1. The quantitative estimate of drug-likeness (QED) is 0.567. The number of nitrogens with one attached hydrogen (secondary N) is 1. The highest BCUT2D eigenvalue weighted by Gasteiger charge is 2.18. The first-order chi connectivity index (χ1) is 14.4. The third-order valence-electron chi connectivity index (χ3n) is 5.18. The first-order valence-corrected chi connectivity index (χ1v) is 12.3. The van der Waals surface area contributed by atoms with Gasteiger partial charge in [-0.05, 0) is 24.8 Å². The van der Waals surface area contributed by atoms with Gasteiger partial charge in [0.05, 0.1) is 30.7 Å². The minimum atomic E-state index is -3.04. The first-order valence-electron chi connectivity index (χ1n) is 10.5. The largest absolute Gasteiger partial charge is 0.493 e. The number of anilines is 1. The van der Waals surface area contributed by atoms with Crippen LogP contribution in [0.4, 0.5) is 5.82 Å². The van der Waals surface area contributed by atoms with Gasteiger partial charge in [-0.3, -0.25) is 0 Å². The van der Waals surface area contributed by atoms with Gasteiger partial charge >= 0.3 is 0 Å². The summed E-state index contributed by atoms with van der Waals surface area (Å²) in [6, 6.07) is 3.75. The van der Waals surface area contributed by atoms with Crippen LogP contribution in [0, 0.1) is 5.92 Å². The molecular weight excluding hydrogens is 404 g/mol. The molecule has 0 saturated carbocycles. The molecular formula is C21H32N4O4S. The summed E-state index contributed by atoms with van der Waals surface area (Å²) in [5.74, 6) is 2.79. The molecule has 0 spiro atoms. The van der Waals surface area contributed by atoms with Crippen LogP contribution in [0.2, 0.25) is 0 Å². The van der Waals surface area contributed by atoms with Crippen LogP contribution in [0.3, 0.4) is 0 Å². The molecule has 1 aromatic heterocycles. The summed E-state index contributed by atoms with van der Waals surface area (Å²) in [5.41, 5.74) is 0.777. The normalized spacial score (nSPS) is 15.0. The molecule has 2 aromatic rings. The van der Waals surface area contributed by atoms with E-state index in [0.717, 1.165) is 42.9 Å². The number of rotatable bonds is 10. The lowest BCUT2D eigenvalue weighted by Crippen LogP contribution is -2.44. The molecule has 1 aliphatic rings. The second-order valence-corrected chi connectivity index (χ2v) is 10.3. The highest BCUT2D eigenvalue weighted by atomic mass is 32.2. The number of methoxy groups -OCH3 is 1. The second-order valence-electron chi connectivity index (χ2n) is 7.99. The van der Waals surface area contributed by atoms with E-state index >= 15 is 0 Å². The van der Waals surface area contributed by atoms with Crippen LogP contribution < -0.4 is 19.7 Å². The molecule has 0 radical (unpaired) electrons. The number of hydrogen-bond donors (Lipinski definition) is 1. The molecule has 2 heterocycles. The second kappa shape index (κ2) is 10.3.